The molecule has 0 atom stereocenters. The fourth-order valence-corrected chi connectivity index (χ4v) is 6.07. The van der Waals surface area contributed by atoms with E-state index in [1.54, 1.807) is 41.9 Å². The van der Waals surface area contributed by atoms with Crippen LogP contribution in [0.2, 0.25) is 0 Å². The lowest BCUT2D eigenvalue weighted by Crippen LogP contribution is -2.51. The quantitative estimate of drug-likeness (QED) is 0.355. The molecule has 11 heteroatoms. The summed E-state index contributed by atoms with van der Waals surface area (Å²) < 4.78 is 72.5. The molecular formula is C29H30F5N5O. The molecule has 2 aliphatic carbocycles. The number of fused-ring (bicyclic) bond motifs is 1. The SMILES string of the molecule is Cn1cnnc1CC1(c2cccc(N3Cc4c(cc(CNCC5(C)CC5)cc4C(F)(F)F)C3=O)c2)CC(F)(F)C1. The Morgan fingerprint density at radius 1 is 1.10 bits per heavy atom. The maximum absolute atomic E-state index is 14.2. The Kier molecular flexibility index (Phi) is 6.10. The summed E-state index contributed by atoms with van der Waals surface area (Å²) in [4.78, 5) is 14.8. The van der Waals surface area contributed by atoms with Crippen LogP contribution in [-0.4, -0.2) is 33.1 Å². The first kappa shape index (κ1) is 26.9. The van der Waals surface area contributed by atoms with E-state index in [2.05, 4.69) is 22.4 Å². The van der Waals surface area contributed by atoms with Gasteiger partial charge < -0.3 is 14.8 Å². The van der Waals surface area contributed by atoms with Crippen molar-refractivity contribution in [3.63, 3.8) is 0 Å². The summed E-state index contributed by atoms with van der Waals surface area (Å²) in [6, 6.07) is 9.34. The second-order valence-corrected chi connectivity index (χ2v) is 12.0. The van der Waals surface area contributed by atoms with Gasteiger partial charge in [-0.3, -0.25) is 4.79 Å². The highest BCUT2D eigenvalue weighted by atomic mass is 19.4. The predicted molar refractivity (Wildman–Crippen MR) is 138 cm³/mol. The Labute approximate surface area is 228 Å². The van der Waals surface area contributed by atoms with Crippen molar-refractivity contribution in [3.05, 3.63) is 76.4 Å². The van der Waals surface area contributed by atoms with Gasteiger partial charge in [0.2, 0.25) is 5.92 Å². The number of carbonyl (C=O) groups is 1. The van der Waals surface area contributed by atoms with Crippen molar-refractivity contribution in [1.82, 2.24) is 20.1 Å². The zero-order valence-electron chi connectivity index (χ0n) is 22.3. The van der Waals surface area contributed by atoms with E-state index in [1.165, 1.54) is 11.2 Å². The number of hydrogen-bond acceptors (Lipinski definition) is 4. The average Bonchev–Trinajstić information content (AvgIpc) is 3.32. The minimum Gasteiger partial charge on any atom is -0.321 e. The van der Waals surface area contributed by atoms with Crippen molar-refractivity contribution in [3.8, 4) is 0 Å². The van der Waals surface area contributed by atoms with Crippen LogP contribution in [0.3, 0.4) is 0 Å². The van der Waals surface area contributed by atoms with Crippen LogP contribution < -0.4 is 10.2 Å². The Morgan fingerprint density at radius 3 is 2.48 bits per heavy atom. The smallest absolute Gasteiger partial charge is 0.321 e. The van der Waals surface area contributed by atoms with Gasteiger partial charge in [0.15, 0.2) is 0 Å². The van der Waals surface area contributed by atoms with Gasteiger partial charge in [0.05, 0.1) is 12.1 Å². The third-order valence-electron chi connectivity index (χ3n) is 8.66. The third kappa shape index (κ3) is 4.88. The Hall–Kier alpha value is -3.34. The van der Waals surface area contributed by atoms with E-state index in [9.17, 15) is 26.7 Å². The number of carbonyl (C=O) groups excluding carboxylic acids is 1. The van der Waals surface area contributed by atoms with E-state index in [1.807, 2.05) is 0 Å². The molecule has 1 N–H and O–H groups in total. The van der Waals surface area contributed by atoms with Gasteiger partial charge in [-0.15, -0.1) is 10.2 Å². The topological polar surface area (TPSA) is 63.1 Å². The van der Waals surface area contributed by atoms with E-state index >= 15 is 0 Å². The second-order valence-electron chi connectivity index (χ2n) is 12.0. The number of anilines is 1. The van der Waals surface area contributed by atoms with E-state index in [4.69, 9.17) is 0 Å². The maximum Gasteiger partial charge on any atom is 0.416 e. The highest BCUT2D eigenvalue weighted by Crippen LogP contribution is 2.55. The number of halogens is 5. The molecule has 212 valence electrons. The zero-order valence-corrected chi connectivity index (χ0v) is 22.3. The molecule has 0 saturated heterocycles. The molecule has 0 spiro atoms. The molecule has 2 aromatic carbocycles. The molecule has 1 aliphatic heterocycles. The minimum absolute atomic E-state index is 0.0265. The van der Waals surface area contributed by atoms with Crippen molar-refractivity contribution in [1.29, 1.82) is 0 Å². The Morgan fingerprint density at radius 2 is 1.85 bits per heavy atom. The molecular weight excluding hydrogens is 529 g/mol. The number of nitrogens with zero attached hydrogens (tertiary/aromatic N) is 4. The molecule has 2 fully saturated rings. The lowest BCUT2D eigenvalue weighted by Gasteiger charge is -2.48. The first-order valence-corrected chi connectivity index (χ1v) is 13.3. The van der Waals surface area contributed by atoms with E-state index < -0.39 is 41.8 Å². The summed E-state index contributed by atoms with van der Waals surface area (Å²) >= 11 is 0. The molecule has 3 aliphatic rings. The fourth-order valence-electron chi connectivity index (χ4n) is 6.07. The van der Waals surface area contributed by atoms with Crippen LogP contribution in [0, 0.1) is 5.41 Å². The van der Waals surface area contributed by atoms with Crippen LogP contribution in [-0.2, 0) is 38.1 Å². The number of nitrogens with one attached hydrogen (secondary N) is 1. The summed E-state index contributed by atoms with van der Waals surface area (Å²) in [7, 11) is 1.74. The monoisotopic (exact) mass is 559 g/mol. The lowest BCUT2D eigenvalue weighted by atomic mass is 9.60. The van der Waals surface area contributed by atoms with E-state index in [0.717, 1.165) is 18.9 Å². The van der Waals surface area contributed by atoms with Gasteiger partial charge in [0.25, 0.3) is 5.91 Å². The van der Waals surface area contributed by atoms with Gasteiger partial charge >= 0.3 is 6.18 Å². The van der Waals surface area contributed by atoms with E-state index in [0.29, 0.717) is 29.2 Å². The number of aromatic nitrogens is 3. The fraction of sp³-hybridized carbons (Fsp3) is 0.483. The first-order valence-electron chi connectivity index (χ1n) is 13.3. The molecule has 2 saturated carbocycles. The molecule has 6 rings (SSSR count). The highest BCUT2D eigenvalue weighted by molar-refractivity contribution is 6.10. The summed E-state index contributed by atoms with van der Waals surface area (Å²) in [6.07, 6.45) is -1.51. The van der Waals surface area contributed by atoms with Crippen molar-refractivity contribution < 1.29 is 26.7 Å². The Balaban J connectivity index is 1.30. The van der Waals surface area contributed by atoms with Crippen LogP contribution in [0.25, 0.3) is 0 Å². The van der Waals surface area contributed by atoms with E-state index in [-0.39, 0.29) is 36.1 Å². The molecule has 40 heavy (non-hydrogen) atoms. The van der Waals surface area contributed by atoms with Gasteiger partial charge in [-0.1, -0.05) is 19.1 Å². The van der Waals surface area contributed by atoms with Gasteiger partial charge in [0, 0.05) is 56.1 Å². The number of rotatable bonds is 8. The first-order chi connectivity index (χ1) is 18.8. The molecule has 2 heterocycles. The highest BCUT2D eigenvalue weighted by Gasteiger charge is 2.57. The van der Waals surface area contributed by atoms with Gasteiger partial charge in [-0.05, 0) is 59.2 Å². The van der Waals surface area contributed by atoms with Gasteiger partial charge in [0.1, 0.15) is 12.2 Å². The summed E-state index contributed by atoms with van der Waals surface area (Å²) in [5.74, 6) is -2.82. The van der Waals surface area contributed by atoms with Crippen molar-refractivity contribution in [2.45, 2.75) is 69.6 Å². The second kappa shape index (κ2) is 9.09. The number of hydrogen-bond donors (Lipinski definition) is 1. The van der Waals surface area contributed by atoms with Gasteiger partial charge in [-0.2, -0.15) is 13.2 Å². The van der Waals surface area contributed by atoms with Crippen molar-refractivity contribution >= 4 is 11.6 Å². The van der Waals surface area contributed by atoms with Crippen LogP contribution in [0.4, 0.5) is 27.6 Å². The number of alkyl halides is 5. The van der Waals surface area contributed by atoms with Crippen molar-refractivity contribution in [2.24, 2.45) is 12.5 Å². The largest absolute Gasteiger partial charge is 0.416 e. The molecule has 0 radical (unpaired) electrons. The number of amides is 1. The summed E-state index contributed by atoms with van der Waals surface area (Å²) in [6.45, 7) is 2.81. The Bertz CT molecular complexity index is 1470. The number of aryl methyl sites for hydroxylation is 1. The lowest BCUT2D eigenvalue weighted by molar-refractivity contribution is -0.138. The molecule has 1 amide bonds. The molecule has 1 aromatic heterocycles. The van der Waals surface area contributed by atoms with Crippen LogP contribution in [0.15, 0.2) is 42.7 Å². The van der Waals surface area contributed by atoms with Crippen LogP contribution >= 0.6 is 0 Å². The molecule has 0 bridgehead atoms. The third-order valence-corrected chi connectivity index (χ3v) is 8.66. The van der Waals surface area contributed by atoms with Gasteiger partial charge in [-0.25, -0.2) is 8.78 Å². The van der Waals surface area contributed by atoms with Crippen LogP contribution in [0.1, 0.15) is 71.0 Å². The number of benzene rings is 2. The maximum atomic E-state index is 14.2. The zero-order chi connectivity index (χ0) is 28.5. The van der Waals surface area contributed by atoms with Crippen molar-refractivity contribution in [2.75, 3.05) is 11.4 Å². The molecule has 3 aromatic rings. The average molecular weight is 560 g/mol. The summed E-state index contributed by atoms with van der Waals surface area (Å²) in [5, 5.41) is 11.2. The summed E-state index contributed by atoms with van der Waals surface area (Å²) in [5.41, 5.74) is -0.219. The van der Waals surface area contributed by atoms with Crippen LogP contribution in [0.5, 0.6) is 0 Å². The standard InChI is InChI=1S/C29H30F5N5O/c1-26(6-7-26)16-35-12-18-8-21-22(23(9-18)29(32,33)34)13-39(25(21)40)20-5-3-4-19(10-20)27(14-28(30,31)15-27)11-24-37-36-17-38(24)2/h3-5,8-10,17,35H,6-7,11-16H2,1-2H3. The molecule has 0 unspecified atom stereocenters. The molecule has 6 nitrogen and oxygen atoms in total. The predicted octanol–water partition coefficient (Wildman–Crippen LogP) is 5.79. The normalized spacial score (nSPS) is 20.4. The minimum atomic E-state index is -4.63.